The molecule has 1 unspecified atom stereocenters. The molecule has 1 atom stereocenters. The van der Waals surface area contributed by atoms with Gasteiger partial charge < -0.3 is 21.3 Å². The highest BCUT2D eigenvalue weighted by atomic mass is 127. The van der Waals surface area contributed by atoms with E-state index in [-0.39, 0.29) is 35.8 Å². The SMILES string of the molecule is CN=C(NCCCN1CCCC(C(N)=O)C1)NCCCn1nc(C)cc1C.I. The molecule has 0 radical (unpaired) electrons. The fraction of sp³-hybridized carbons (Fsp3) is 0.737. The summed E-state index contributed by atoms with van der Waals surface area (Å²) >= 11 is 0. The van der Waals surface area contributed by atoms with Gasteiger partial charge in [0, 0.05) is 38.9 Å². The molecule has 0 spiro atoms. The van der Waals surface area contributed by atoms with Crippen LogP contribution in [-0.2, 0) is 11.3 Å². The topological polar surface area (TPSA) is 101 Å². The molecule has 0 aromatic carbocycles. The first-order valence-electron chi connectivity index (χ1n) is 9.97. The second-order valence-corrected chi connectivity index (χ2v) is 7.33. The molecule has 8 nitrogen and oxygen atoms in total. The van der Waals surface area contributed by atoms with Crippen molar-refractivity contribution in [2.24, 2.45) is 16.6 Å². The number of guanidine groups is 1. The van der Waals surface area contributed by atoms with Gasteiger partial charge in [-0.3, -0.25) is 14.5 Å². The summed E-state index contributed by atoms with van der Waals surface area (Å²) in [6.07, 6.45) is 3.99. The summed E-state index contributed by atoms with van der Waals surface area (Å²) in [5.74, 6) is 0.684. The maximum atomic E-state index is 11.3. The Bertz CT molecular complexity index is 632. The number of nitrogens with one attached hydrogen (secondary N) is 2. The van der Waals surface area contributed by atoms with E-state index in [0.717, 1.165) is 76.6 Å². The van der Waals surface area contributed by atoms with E-state index in [1.54, 1.807) is 7.05 Å². The molecule has 0 saturated carbocycles. The molecule has 1 aliphatic heterocycles. The molecule has 0 aliphatic carbocycles. The summed E-state index contributed by atoms with van der Waals surface area (Å²) < 4.78 is 2.05. The Hall–Kier alpha value is -1.36. The van der Waals surface area contributed by atoms with Crippen LogP contribution in [0.15, 0.2) is 11.1 Å². The summed E-state index contributed by atoms with van der Waals surface area (Å²) in [4.78, 5) is 18.0. The Kier molecular flexibility index (Phi) is 11.4. The second kappa shape index (κ2) is 13.0. The number of primary amides is 1. The van der Waals surface area contributed by atoms with Crippen molar-refractivity contribution in [3.05, 3.63) is 17.5 Å². The second-order valence-electron chi connectivity index (χ2n) is 7.33. The number of amides is 1. The predicted octanol–water partition coefficient (Wildman–Crippen LogP) is 1.26. The minimum atomic E-state index is -0.164. The standard InChI is InChI=1S/C19H35N7O.HI/c1-15-13-16(2)26(24-15)12-6-9-23-19(21-3)22-8-5-11-25-10-4-7-17(14-25)18(20)27;/h13,17H,4-12,14H2,1-3H3,(H2,20,27)(H2,21,22,23);1H. The van der Waals surface area contributed by atoms with Crippen molar-refractivity contribution in [3.8, 4) is 0 Å². The Morgan fingerprint density at radius 2 is 1.96 bits per heavy atom. The number of carbonyl (C=O) groups excluding carboxylic acids is 1. The van der Waals surface area contributed by atoms with Gasteiger partial charge in [0.1, 0.15) is 0 Å². The lowest BCUT2D eigenvalue weighted by atomic mass is 9.97. The molecule has 28 heavy (non-hydrogen) atoms. The van der Waals surface area contributed by atoms with Crippen molar-refractivity contribution in [1.29, 1.82) is 0 Å². The molecule has 1 aromatic heterocycles. The van der Waals surface area contributed by atoms with Gasteiger partial charge in [-0.2, -0.15) is 5.10 Å². The maximum absolute atomic E-state index is 11.3. The third-order valence-corrected chi connectivity index (χ3v) is 5.02. The molecule has 160 valence electrons. The zero-order valence-electron chi connectivity index (χ0n) is 17.4. The lowest BCUT2D eigenvalue weighted by Crippen LogP contribution is -2.43. The summed E-state index contributed by atoms with van der Waals surface area (Å²) in [7, 11) is 1.79. The Morgan fingerprint density at radius 3 is 2.54 bits per heavy atom. The van der Waals surface area contributed by atoms with Crippen LogP contribution in [0.4, 0.5) is 0 Å². The van der Waals surface area contributed by atoms with Gasteiger partial charge in [0.2, 0.25) is 5.91 Å². The van der Waals surface area contributed by atoms with E-state index in [2.05, 4.69) is 38.6 Å². The number of nitrogens with zero attached hydrogens (tertiary/aromatic N) is 4. The summed E-state index contributed by atoms with van der Waals surface area (Å²) in [6.45, 7) is 9.55. The molecule has 1 saturated heterocycles. The molecule has 1 amide bonds. The van der Waals surface area contributed by atoms with Crippen LogP contribution in [0.1, 0.15) is 37.1 Å². The molecule has 0 bridgehead atoms. The van der Waals surface area contributed by atoms with Gasteiger partial charge in [-0.25, -0.2) is 0 Å². The van der Waals surface area contributed by atoms with E-state index in [0.29, 0.717) is 0 Å². The first kappa shape index (κ1) is 24.7. The van der Waals surface area contributed by atoms with Crippen molar-refractivity contribution in [2.75, 3.05) is 39.8 Å². The maximum Gasteiger partial charge on any atom is 0.221 e. The highest BCUT2D eigenvalue weighted by molar-refractivity contribution is 14.0. The molecule has 1 aliphatic rings. The third-order valence-electron chi connectivity index (χ3n) is 5.02. The fourth-order valence-electron chi connectivity index (χ4n) is 3.56. The molecular weight excluding hydrogens is 469 g/mol. The van der Waals surface area contributed by atoms with Crippen molar-refractivity contribution < 1.29 is 4.79 Å². The Morgan fingerprint density at radius 1 is 1.29 bits per heavy atom. The van der Waals surface area contributed by atoms with Crippen LogP contribution < -0.4 is 16.4 Å². The number of hydrogen-bond acceptors (Lipinski definition) is 4. The van der Waals surface area contributed by atoms with Crippen molar-refractivity contribution in [1.82, 2.24) is 25.3 Å². The largest absolute Gasteiger partial charge is 0.369 e. The zero-order valence-corrected chi connectivity index (χ0v) is 19.7. The lowest BCUT2D eigenvalue weighted by Gasteiger charge is -2.31. The summed E-state index contributed by atoms with van der Waals surface area (Å²) in [5.41, 5.74) is 7.70. The van der Waals surface area contributed by atoms with Gasteiger partial charge in [0.25, 0.3) is 0 Å². The van der Waals surface area contributed by atoms with Crippen LogP contribution in [0.25, 0.3) is 0 Å². The lowest BCUT2D eigenvalue weighted by molar-refractivity contribution is -0.123. The molecule has 2 rings (SSSR count). The van der Waals surface area contributed by atoms with Gasteiger partial charge in [-0.1, -0.05) is 0 Å². The Balaban J connectivity index is 0.00000392. The number of aliphatic imine (C=N–C) groups is 1. The average molecular weight is 505 g/mol. The average Bonchev–Trinajstić information content (AvgIpc) is 2.97. The van der Waals surface area contributed by atoms with E-state index in [1.807, 2.05) is 11.6 Å². The normalized spacial score (nSPS) is 17.8. The minimum Gasteiger partial charge on any atom is -0.369 e. The predicted molar refractivity (Wildman–Crippen MR) is 124 cm³/mol. The number of likely N-dealkylation sites (tertiary alicyclic amines) is 1. The summed E-state index contributed by atoms with van der Waals surface area (Å²) in [5, 5.41) is 11.2. The number of halogens is 1. The van der Waals surface area contributed by atoms with Gasteiger partial charge in [-0.15, -0.1) is 24.0 Å². The smallest absolute Gasteiger partial charge is 0.221 e. The quantitative estimate of drug-likeness (QED) is 0.203. The zero-order chi connectivity index (χ0) is 19.6. The van der Waals surface area contributed by atoms with E-state index in [4.69, 9.17) is 5.73 Å². The van der Waals surface area contributed by atoms with Gasteiger partial charge in [0.15, 0.2) is 5.96 Å². The van der Waals surface area contributed by atoms with Crippen LogP contribution in [0.3, 0.4) is 0 Å². The number of aryl methyl sites for hydroxylation is 3. The molecule has 1 aromatic rings. The molecule has 2 heterocycles. The van der Waals surface area contributed by atoms with Crippen LogP contribution in [0.2, 0.25) is 0 Å². The van der Waals surface area contributed by atoms with Crippen molar-refractivity contribution in [3.63, 3.8) is 0 Å². The number of rotatable bonds is 9. The first-order valence-corrected chi connectivity index (χ1v) is 9.97. The van der Waals surface area contributed by atoms with E-state index in [1.165, 1.54) is 5.69 Å². The van der Waals surface area contributed by atoms with Gasteiger partial charge in [0.05, 0.1) is 11.6 Å². The van der Waals surface area contributed by atoms with Crippen molar-refractivity contribution >= 4 is 35.8 Å². The molecular formula is C19H36IN7O. The van der Waals surface area contributed by atoms with E-state index >= 15 is 0 Å². The van der Waals surface area contributed by atoms with Crippen LogP contribution >= 0.6 is 24.0 Å². The Labute approximate surface area is 185 Å². The van der Waals surface area contributed by atoms with E-state index < -0.39 is 0 Å². The summed E-state index contributed by atoms with van der Waals surface area (Å²) in [6, 6.07) is 2.10. The van der Waals surface area contributed by atoms with Gasteiger partial charge in [-0.05, 0) is 58.7 Å². The number of aromatic nitrogens is 2. The molecule has 9 heteroatoms. The molecule has 1 fully saturated rings. The fourth-order valence-corrected chi connectivity index (χ4v) is 3.56. The van der Waals surface area contributed by atoms with Crippen LogP contribution in [-0.4, -0.2) is 66.3 Å². The number of nitrogens with two attached hydrogens (primary N) is 1. The van der Waals surface area contributed by atoms with Crippen LogP contribution in [0.5, 0.6) is 0 Å². The molecule has 4 N–H and O–H groups in total. The van der Waals surface area contributed by atoms with Crippen molar-refractivity contribution in [2.45, 2.75) is 46.1 Å². The monoisotopic (exact) mass is 505 g/mol. The van der Waals surface area contributed by atoms with Crippen LogP contribution in [0, 0.1) is 19.8 Å². The highest BCUT2D eigenvalue weighted by Crippen LogP contribution is 2.15. The third kappa shape index (κ3) is 8.34. The number of piperidine rings is 1. The minimum absolute atomic E-state index is 0. The van der Waals surface area contributed by atoms with Gasteiger partial charge >= 0.3 is 0 Å². The number of carbonyl (C=O) groups is 1. The number of hydrogen-bond donors (Lipinski definition) is 3. The van der Waals surface area contributed by atoms with E-state index in [9.17, 15) is 4.79 Å². The first-order chi connectivity index (χ1) is 13.0. The highest BCUT2D eigenvalue weighted by Gasteiger charge is 2.23.